The zero-order valence-corrected chi connectivity index (χ0v) is 13.1. The minimum absolute atomic E-state index is 0.168. The molecule has 0 fully saturated rings. The van der Waals surface area contributed by atoms with Crippen LogP contribution in [0.15, 0.2) is 48.8 Å². The predicted octanol–water partition coefficient (Wildman–Crippen LogP) is 3.80. The number of thiazole rings is 1. The zero-order chi connectivity index (χ0) is 15.8. The summed E-state index contributed by atoms with van der Waals surface area (Å²) in [6, 6.07) is 11.0. The lowest BCUT2D eigenvalue weighted by atomic mass is 10.1. The van der Waals surface area contributed by atoms with Crippen LogP contribution in [0.1, 0.15) is 15.4 Å². The lowest BCUT2D eigenvalue weighted by molar-refractivity contribution is 0.102. The number of carbonyl (C=O) groups excluding carboxylic acids is 1. The first kappa shape index (κ1) is 13.8. The summed E-state index contributed by atoms with van der Waals surface area (Å²) >= 11 is 1.61. The smallest absolute Gasteiger partial charge is 0.255 e. The van der Waals surface area contributed by atoms with Gasteiger partial charge in [-0.1, -0.05) is 0 Å². The third-order valence-corrected chi connectivity index (χ3v) is 4.42. The van der Waals surface area contributed by atoms with Crippen LogP contribution in [0.4, 0.5) is 5.69 Å². The van der Waals surface area contributed by atoms with Crippen molar-refractivity contribution in [1.29, 1.82) is 0 Å². The maximum Gasteiger partial charge on any atom is 0.255 e. The summed E-state index contributed by atoms with van der Waals surface area (Å²) in [5.41, 5.74) is 3.73. The summed E-state index contributed by atoms with van der Waals surface area (Å²) in [7, 11) is 0. The Bertz CT molecular complexity index is 1040. The zero-order valence-electron chi connectivity index (χ0n) is 12.3. The summed E-state index contributed by atoms with van der Waals surface area (Å²) in [5.74, 6) is -0.168. The molecule has 112 valence electrons. The molecule has 0 radical (unpaired) electrons. The third kappa shape index (κ3) is 2.64. The molecule has 0 aliphatic carbocycles. The molecule has 0 aliphatic rings. The van der Waals surface area contributed by atoms with Gasteiger partial charge in [-0.25, -0.2) is 4.98 Å². The minimum atomic E-state index is -0.168. The molecule has 4 rings (SSSR count). The molecule has 0 aliphatic heterocycles. The Morgan fingerprint density at radius 2 is 1.78 bits per heavy atom. The van der Waals surface area contributed by atoms with Gasteiger partial charge in [-0.15, -0.1) is 11.3 Å². The van der Waals surface area contributed by atoms with Gasteiger partial charge in [0, 0.05) is 23.6 Å². The van der Waals surface area contributed by atoms with Crippen molar-refractivity contribution in [3.8, 4) is 0 Å². The molecular formula is C17H12N4OS. The number of rotatable bonds is 2. The van der Waals surface area contributed by atoms with Gasteiger partial charge in [-0.05, 0) is 43.3 Å². The molecule has 0 atom stereocenters. The fourth-order valence-corrected chi connectivity index (χ4v) is 3.29. The number of carbonyl (C=O) groups is 1. The molecule has 0 spiro atoms. The number of nitrogens with one attached hydrogen (secondary N) is 1. The Hall–Kier alpha value is -2.86. The van der Waals surface area contributed by atoms with E-state index in [9.17, 15) is 4.79 Å². The quantitative estimate of drug-likeness (QED) is 0.610. The Morgan fingerprint density at radius 1 is 1.00 bits per heavy atom. The van der Waals surface area contributed by atoms with Crippen molar-refractivity contribution in [1.82, 2.24) is 15.0 Å². The highest BCUT2D eigenvalue weighted by atomic mass is 32.1. The first-order chi connectivity index (χ1) is 11.2. The number of hydrogen-bond acceptors (Lipinski definition) is 5. The van der Waals surface area contributed by atoms with Crippen molar-refractivity contribution in [3.63, 3.8) is 0 Å². The lowest BCUT2D eigenvalue weighted by Crippen LogP contribution is -2.11. The molecule has 23 heavy (non-hydrogen) atoms. The largest absolute Gasteiger partial charge is 0.322 e. The Kier molecular flexibility index (Phi) is 3.24. The van der Waals surface area contributed by atoms with Crippen LogP contribution in [0, 0.1) is 6.92 Å². The van der Waals surface area contributed by atoms with Gasteiger partial charge in [0.1, 0.15) is 0 Å². The summed E-state index contributed by atoms with van der Waals surface area (Å²) in [4.78, 5) is 25.3. The second-order valence-corrected chi connectivity index (χ2v) is 6.36. The molecule has 5 nitrogen and oxygen atoms in total. The van der Waals surface area contributed by atoms with Crippen molar-refractivity contribution >= 4 is 44.2 Å². The highest BCUT2D eigenvalue weighted by Gasteiger charge is 2.09. The van der Waals surface area contributed by atoms with Crippen LogP contribution in [-0.2, 0) is 0 Å². The van der Waals surface area contributed by atoms with E-state index in [1.165, 1.54) is 0 Å². The van der Waals surface area contributed by atoms with E-state index < -0.39 is 0 Å². The van der Waals surface area contributed by atoms with Gasteiger partial charge < -0.3 is 5.32 Å². The van der Waals surface area contributed by atoms with E-state index in [2.05, 4.69) is 20.3 Å². The first-order valence-electron chi connectivity index (χ1n) is 7.08. The number of benzene rings is 2. The van der Waals surface area contributed by atoms with Crippen LogP contribution < -0.4 is 5.32 Å². The molecular weight excluding hydrogens is 308 g/mol. The van der Waals surface area contributed by atoms with E-state index in [-0.39, 0.29) is 5.91 Å². The topological polar surface area (TPSA) is 67.8 Å². The van der Waals surface area contributed by atoms with Crippen molar-refractivity contribution < 1.29 is 4.79 Å². The number of aryl methyl sites for hydroxylation is 1. The molecule has 2 aromatic heterocycles. The van der Waals surface area contributed by atoms with Gasteiger partial charge >= 0.3 is 0 Å². The highest BCUT2D eigenvalue weighted by molar-refractivity contribution is 7.18. The first-order valence-corrected chi connectivity index (χ1v) is 7.90. The van der Waals surface area contributed by atoms with Crippen molar-refractivity contribution in [2.24, 2.45) is 0 Å². The Balaban J connectivity index is 1.64. The summed E-state index contributed by atoms with van der Waals surface area (Å²) < 4.78 is 1.06. The standard InChI is InChI=1S/C17H12N4OS/c1-10-20-14-5-3-12(9-16(14)23-10)21-17(22)11-2-4-13-15(8-11)19-7-6-18-13/h2-9H,1H3,(H,21,22). The second kappa shape index (κ2) is 5.40. The van der Waals surface area contributed by atoms with Gasteiger partial charge in [-0.2, -0.15) is 0 Å². The van der Waals surface area contributed by atoms with E-state index >= 15 is 0 Å². The van der Waals surface area contributed by atoms with E-state index in [0.717, 1.165) is 26.4 Å². The summed E-state index contributed by atoms with van der Waals surface area (Å²) in [5, 5.41) is 3.93. The monoisotopic (exact) mass is 320 g/mol. The average molecular weight is 320 g/mol. The van der Waals surface area contributed by atoms with Gasteiger partial charge in [-0.3, -0.25) is 14.8 Å². The van der Waals surface area contributed by atoms with Gasteiger partial charge in [0.15, 0.2) is 0 Å². The number of amides is 1. The predicted molar refractivity (Wildman–Crippen MR) is 91.8 cm³/mol. The van der Waals surface area contributed by atoms with Crippen molar-refractivity contribution in [2.45, 2.75) is 6.92 Å². The van der Waals surface area contributed by atoms with Crippen molar-refractivity contribution in [2.75, 3.05) is 5.32 Å². The van der Waals surface area contributed by atoms with Gasteiger partial charge in [0.25, 0.3) is 5.91 Å². The molecule has 0 unspecified atom stereocenters. The van der Waals surface area contributed by atoms with Crippen LogP contribution in [0.25, 0.3) is 21.3 Å². The van der Waals surface area contributed by atoms with Gasteiger partial charge in [0.05, 0.1) is 26.3 Å². The second-order valence-electron chi connectivity index (χ2n) is 5.13. The third-order valence-electron chi connectivity index (χ3n) is 3.48. The SMILES string of the molecule is Cc1nc2ccc(NC(=O)c3ccc4nccnc4c3)cc2s1. The van der Waals surface area contributed by atoms with E-state index in [4.69, 9.17) is 0 Å². The molecule has 4 aromatic rings. The number of anilines is 1. The van der Waals surface area contributed by atoms with Crippen LogP contribution in [0.3, 0.4) is 0 Å². The Morgan fingerprint density at radius 3 is 2.65 bits per heavy atom. The molecule has 6 heteroatoms. The maximum absolute atomic E-state index is 12.4. The summed E-state index contributed by atoms with van der Waals surface area (Å²) in [6.07, 6.45) is 3.25. The van der Waals surface area contributed by atoms with Crippen LogP contribution in [0.2, 0.25) is 0 Å². The maximum atomic E-state index is 12.4. The molecule has 0 saturated heterocycles. The highest BCUT2D eigenvalue weighted by Crippen LogP contribution is 2.25. The Labute approximate surface area is 136 Å². The molecule has 1 amide bonds. The molecule has 2 aromatic carbocycles. The number of hydrogen-bond donors (Lipinski definition) is 1. The number of aromatic nitrogens is 3. The van der Waals surface area contributed by atoms with E-state index in [1.54, 1.807) is 41.9 Å². The molecule has 1 N–H and O–H groups in total. The minimum Gasteiger partial charge on any atom is -0.322 e. The number of fused-ring (bicyclic) bond motifs is 2. The molecule has 0 saturated carbocycles. The van der Waals surface area contributed by atoms with Crippen molar-refractivity contribution in [3.05, 3.63) is 59.4 Å². The fourth-order valence-electron chi connectivity index (χ4n) is 2.43. The van der Waals surface area contributed by atoms with Crippen LogP contribution in [-0.4, -0.2) is 20.9 Å². The normalized spacial score (nSPS) is 11.0. The lowest BCUT2D eigenvalue weighted by Gasteiger charge is -2.06. The molecule has 2 heterocycles. The fraction of sp³-hybridized carbons (Fsp3) is 0.0588. The van der Waals surface area contributed by atoms with E-state index in [0.29, 0.717) is 11.1 Å². The summed E-state index contributed by atoms with van der Waals surface area (Å²) in [6.45, 7) is 1.97. The molecule has 0 bridgehead atoms. The van der Waals surface area contributed by atoms with Crippen LogP contribution in [0.5, 0.6) is 0 Å². The van der Waals surface area contributed by atoms with E-state index in [1.807, 2.05) is 25.1 Å². The number of nitrogens with zero attached hydrogens (tertiary/aromatic N) is 3. The van der Waals surface area contributed by atoms with Crippen LogP contribution >= 0.6 is 11.3 Å². The average Bonchev–Trinajstić information content (AvgIpc) is 2.93. The van der Waals surface area contributed by atoms with Gasteiger partial charge in [0.2, 0.25) is 0 Å².